The van der Waals surface area contributed by atoms with Gasteiger partial charge in [-0.15, -0.1) is 23.2 Å². The first kappa shape index (κ1) is 47.9. The van der Waals surface area contributed by atoms with Gasteiger partial charge in [0, 0.05) is 60.6 Å². The number of alkyl halides is 3. The molecule has 0 radical (unpaired) electrons. The van der Waals surface area contributed by atoms with Crippen LogP contribution in [0.15, 0.2) is 75.8 Å². The molecule has 0 aliphatic carbocycles. The molecule has 8 nitrogen and oxygen atoms in total. The largest absolute Gasteiger partial charge is 0.543 e. The van der Waals surface area contributed by atoms with Crippen molar-refractivity contribution in [2.45, 2.75) is 82.8 Å². The second kappa shape index (κ2) is 20.8. The Morgan fingerprint density at radius 3 is 1.88 bits per heavy atom. The summed E-state index contributed by atoms with van der Waals surface area (Å²) in [5, 5.41) is 6.42. The van der Waals surface area contributed by atoms with Crippen molar-refractivity contribution in [2.75, 3.05) is 31.7 Å². The fourth-order valence-electron chi connectivity index (χ4n) is 8.30. The average Bonchev–Trinajstić information content (AvgIpc) is 3.63. The molecule has 0 aliphatic rings. The first-order chi connectivity index (χ1) is 28.6. The summed E-state index contributed by atoms with van der Waals surface area (Å²) in [7, 11) is 1.28. The molecule has 4 aromatic carbocycles. The second-order valence-electron chi connectivity index (χ2n) is 15.7. The highest BCUT2D eigenvalue weighted by molar-refractivity contribution is 9.11. The zero-order valence-electron chi connectivity index (χ0n) is 35.5. The van der Waals surface area contributed by atoms with Gasteiger partial charge in [-0.05, 0) is 139 Å². The van der Waals surface area contributed by atoms with Crippen molar-refractivity contribution in [3.8, 4) is 17.2 Å². The lowest BCUT2D eigenvalue weighted by Gasteiger charge is -2.42. The molecule has 320 valence electrons. The second-order valence-corrected chi connectivity index (χ2v) is 24.7. The number of anilines is 1. The van der Waals surface area contributed by atoms with Crippen LogP contribution in [-0.4, -0.2) is 59.8 Å². The minimum Gasteiger partial charge on any atom is -0.543 e. The molecule has 60 heavy (non-hydrogen) atoms. The van der Waals surface area contributed by atoms with Gasteiger partial charge in [-0.25, -0.2) is 9.97 Å². The van der Waals surface area contributed by atoms with E-state index in [0.717, 1.165) is 82.8 Å². The van der Waals surface area contributed by atoms with Gasteiger partial charge < -0.3 is 24.4 Å². The Morgan fingerprint density at radius 2 is 1.35 bits per heavy atom. The van der Waals surface area contributed by atoms with E-state index in [2.05, 4.69) is 141 Å². The molecule has 1 unspecified atom stereocenters. The maximum Gasteiger partial charge on any atom is 0.258 e. The molecule has 0 spiro atoms. The number of halogens is 5. The molecule has 0 amide bonds. The number of benzene rings is 4. The number of hydrogen-bond donors (Lipinski definition) is 1. The summed E-state index contributed by atoms with van der Waals surface area (Å²) < 4.78 is 21.9. The van der Waals surface area contributed by atoms with Gasteiger partial charge in [0.2, 0.25) is 0 Å². The Balaban J connectivity index is 0.000000199. The highest BCUT2D eigenvalue weighted by Crippen LogP contribution is 2.45. The number of carbonyl (C=O) groups is 1. The van der Waals surface area contributed by atoms with E-state index < -0.39 is 8.32 Å². The van der Waals surface area contributed by atoms with Crippen LogP contribution in [-0.2, 0) is 11.2 Å². The van der Waals surface area contributed by atoms with Crippen molar-refractivity contribution >= 4 is 140 Å². The van der Waals surface area contributed by atoms with Crippen LogP contribution in [0.4, 0.5) is 5.82 Å². The number of rotatable bonds is 12. The fourth-order valence-corrected chi connectivity index (χ4v) is 15.7. The van der Waals surface area contributed by atoms with Crippen molar-refractivity contribution in [1.29, 1.82) is 0 Å². The topological polar surface area (TPSA) is 101 Å². The average molecular weight is 1060 g/mol. The third-order valence-electron chi connectivity index (χ3n) is 11.0. The summed E-state index contributed by atoms with van der Waals surface area (Å²) in [6.45, 7) is 15.9. The van der Waals surface area contributed by atoms with E-state index >= 15 is 0 Å². The summed E-state index contributed by atoms with van der Waals surface area (Å²) in [5.74, 6) is 4.09. The summed E-state index contributed by atoms with van der Waals surface area (Å²) in [4.78, 5) is 19.1. The molecular weight excluding hydrogens is 1010 g/mol. The maximum atomic E-state index is 9.79. The molecule has 1 atom stereocenters. The number of aromatic nitrogens is 3. The minimum atomic E-state index is -2.06. The number of nitrogen functional groups attached to an aromatic ring is 1. The number of pyridine rings is 2. The Hall–Kier alpha value is -3.13. The number of nitrogens with two attached hydrogens (primary N) is 1. The maximum absolute atomic E-state index is 9.79. The van der Waals surface area contributed by atoms with Crippen LogP contribution in [0.2, 0.25) is 16.6 Å². The van der Waals surface area contributed by atoms with Crippen LogP contribution in [0, 0.1) is 6.92 Å². The third-order valence-corrected chi connectivity index (χ3v) is 19.3. The van der Waals surface area contributed by atoms with Gasteiger partial charge in [0.25, 0.3) is 8.32 Å². The number of aryl methyl sites for hydroxylation is 2. The third kappa shape index (κ3) is 9.89. The molecule has 0 bridgehead atoms. The lowest BCUT2D eigenvalue weighted by molar-refractivity contribution is -0.107. The van der Waals surface area contributed by atoms with E-state index in [4.69, 9.17) is 42.8 Å². The highest BCUT2D eigenvalue weighted by Gasteiger charge is 2.47. The van der Waals surface area contributed by atoms with Crippen molar-refractivity contribution < 1.29 is 18.7 Å². The van der Waals surface area contributed by atoms with E-state index in [9.17, 15) is 4.79 Å². The number of fused-ring (bicyclic) bond motifs is 9. The molecule has 14 heteroatoms. The SMILES string of the molecule is COc1ccc2c(c1)c(N)nc1c(Br)cc(O[Si](C(C)C)(C(C)C)C(C)C)cc12.COc1ccc2c(c1)c1ncc(CCCl)n1c1c(Br)cc(C)cc21.O=CC(Br)CCCl. The van der Waals surface area contributed by atoms with E-state index in [1.165, 1.54) is 16.3 Å². The first-order valence-electron chi connectivity index (χ1n) is 19.9. The van der Waals surface area contributed by atoms with E-state index in [0.29, 0.717) is 40.6 Å². The highest BCUT2D eigenvalue weighted by atomic mass is 79.9. The Labute approximate surface area is 389 Å². The molecular formula is C46H53Br3Cl2N4O4Si. The number of hydrogen-bond acceptors (Lipinski definition) is 7. The lowest BCUT2D eigenvalue weighted by Crippen LogP contribution is -2.50. The fraction of sp³-hybridized carbons (Fsp3) is 0.370. The first-order valence-corrected chi connectivity index (χ1v) is 25.6. The molecule has 2 N–H and O–H groups in total. The summed E-state index contributed by atoms with van der Waals surface area (Å²) >= 11 is 21.8. The van der Waals surface area contributed by atoms with Gasteiger partial charge in [0.1, 0.15) is 35.0 Å². The number of nitrogens with zero attached hydrogens (tertiary/aromatic N) is 3. The molecule has 0 fully saturated rings. The van der Waals surface area contributed by atoms with Gasteiger partial charge >= 0.3 is 0 Å². The normalized spacial score (nSPS) is 12.3. The standard InChI is InChI=1S/C23H31BrN2O2Si.C19H16BrClN2O.C4H6BrClO/c1-13(2)29(14(3)4,15(5)6)28-17-11-19-18-9-8-16(27-7)10-20(18)23(25)26-22(19)21(24)12-17;1-11-7-15-14-4-3-13(24-2)9-16(14)19-22-10-12(5-6-21)23(19)18(15)17(20)8-11;5-4(3-7)1-2-6/h8-15H,1-7H3,(H2,25,26);3-4,7-10H,5-6H2,1-2H3;3-4H,1-2H2. The van der Waals surface area contributed by atoms with E-state index in [-0.39, 0.29) is 4.83 Å². The number of carbonyl (C=O) groups excluding carboxylic acids is 1. The molecule has 0 saturated carbocycles. The van der Waals surface area contributed by atoms with Crippen molar-refractivity contribution in [3.05, 3.63) is 87.1 Å². The van der Waals surface area contributed by atoms with Gasteiger partial charge in [-0.1, -0.05) is 57.5 Å². The monoisotopic (exact) mass is 1060 g/mol. The smallest absolute Gasteiger partial charge is 0.258 e. The van der Waals surface area contributed by atoms with Gasteiger partial charge in [-0.3, -0.25) is 4.40 Å². The number of imidazole rings is 1. The lowest BCUT2D eigenvalue weighted by atomic mass is 10.0. The minimum absolute atomic E-state index is 0.0509. The van der Waals surface area contributed by atoms with Crippen LogP contribution < -0.4 is 19.6 Å². The predicted octanol–water partition coefficient (Wildman–Crippen LogP) is 14.4. The van der Waals surface area contributed by atoms with Crippen LogP contribution in [0.5, 0.6) is 17.2 Å². The van der Waals surface area contributed by atoms with Crippen LogP contribution in [0.25, 0.3) is 49.0 Å². The van der Waals surface area contributed by atoms with Crippen LogP contribution in [0.3, 0.4) is 0 Å². The van der Waals surface area contributed by atoms with Crippen molar-refractivity contribution in [1.82, 2.24) is 14.4 Å². The zero-order valence-corrected chi connectivity index (χ0v) is 42.8. The molecule has 3 heterocycles. The van der Waals surface area contributed by atoms with Gasteiger partial charge in [-0.2, -0.15) is 0 Å². The summed E-state index contributed by atoms with van der Waals surface area (Å²) in [6.07, 6.45) is 4.24. The van der Waals surface area contributed by atoms with Crippen LogP contribution >= 0.6 is 71.0 Å². The van der Waals surface area contributed by atoms with Crippen molar-refractivity contribution in [2.24, 2.45) is 0 Å². The van der Waals surface area contributed by atoms with Gasteiger partial charge in [0.15, 0.2) is 0 Å². The predicted molar refractivity (Wildman–Crippen MR) is 267 cm³/mol. The molecule has 0 saturated heterocycles. The molecule has 3 aromatic heterocycles. The van der Waals surface area contributed by atoms with Crippen molar-refractivity contribution in [3.63, 3.8) is 0 Å². The Morgan fingerprint density at radius 1 is 0.767 bits per heavy atom. The quantitative estimate of drug-likeness (QED) is 0.0563. The van der Waals surface area contributed by atoms with Gasteiger partial charge in [0.05, 0.1) is 30.1 Å². The molecule has 7 rings (SSSR count). The van der Waals surface area contributed by atoms with Crippen LogP contribution in [0.1, 0.15) is 59.2 Å². The summed E-state index contributed by atoms with van der Waals surface area (Å²) in [6, 6.07) is 20.6. The number of aldehydes is 1. The Kier molecular flexibility index (Phi) is 16.6. The zero-order chi connectivity index (χ0) is 44.1. The molecule has 0 aliphatic heterocycles. The Bertz CT molecular complexity index is 2620. The molecule has 7 aromatic rings. The van der Waals surface area contributed by atoms with E-state index in [1.54, 1.807) is 14.2 Å². The number of methoxy groups -OCH3 is 2. The number of ether oxygens (including phenoxy) is 2. The van der Waals surface area contributed by atoms with E-state index in [1.807, 2.05) is 36.5 Å². The summed E-state index contributed by atoms with van der Waals surface area (Å²) in [5.41, 5.74) is 13.0.